The maximum absolute atomic E-state index is 11.9. The van der Waals surface area contributed by atoms with Gasteiger partial charge in [0.15, 0.2) is 6.10 Å². The van der Waals surface area contributed by atoms with E-state index < -0.39 is 6.10 Å². The van der Waals surface area contributed by atoms with Crippen molar-refractivity contribution >= 4 is 16.9 Å². The van der Waals surface area contributed by atoms with Gasteiger partial charge in [-0.05, 0) is 43.3 Å². The average Bonchev–Trinajstić information content (AvgIpc) is 2.68. The molecule has 0 aliphatic heterocycles. The zero-order valence-corrected chi connectivity index (χ0v) is 14.8. The Morgan fingerprint density at radius 2 is 1.85 bits per heavy atom. The molecule has 26 heavy (non-hydrogen) atoms. The molecule has 1 atom stereocenters. The van der Waals surface area contributed by atoms with Crippen molar-refractivity contribution in [2.24, 2.45) is 0 Å². The number of carbonyl (C=O) groups excluding carboxylic acids is 1. The van der Waals surface area contributed by atoms with Crippen molar-refractivity contribution in [1.82, 2.24) is 15.3 Å². The van der Waals surface area contributed by atoms with Crippen LogP contribution >= 0.6 is 0 Å². The summed E-state index contributed by atoms with van der Waals surface area (Å²) in [5.41, 5.74) is 3.45. The third-order valence-corrected chi connectivity index (χ3v) is 3.89. The number of amides is 1. The molecule has 0 aliphatic carbocycles. The zero-order valence-electron chi connectivity index (χ0n) is 14.8. The predicted octanol–water partition coefficient (Wildman–Crippen LogP) is 2.83. The van der Waals surface area contributed by atoms with E-state index >= 15 is 0 Å². The normalized spacial score (nSPS) is 11.9. The van der Waals surface area contributed by atoms with Crippen LogP contribution in [0.25, 0.3) is 22.3 Å². The topological polar surface area (TPSA) is 73.3 Å². The minimum Gasteiger partial charge on any atom is -0.481 e. The van der Waals surface area contributed by atoms with Crippen LogP contribution < -0.4 is 10.1 Å². The minimum absolute atomic E-state index is 0.175. The summed E-state index contributed by atoms with van der Waals surface area (Å²) >= 11 is 0. The van der Waals surface area contributed by atoms with E-state index in [1.165, 1.54) is 0 Å². The summed E-state index contributed by atoms with van der Waals surface area (Å²) in [5.74, 6) is 0.448. The number of carbonyl (C=O) groups is 1. The van der Waals surface area contributed by atoms with E-state index in [2.05, 4.69) is 15.3 Å². The minimum atomic E-state index is -0.585. The smallest absolute Gasteiger partial charge is 0.260 e. The van der Waals surface area contributed by atoms with Gasteiger partial charge in [0.2, 0.25) is 0 Å². The van der Waals surface area contributed by atoms with E-state index in [1.807, 2.05) is 48.5 Å². The fourth-order valence-electron chi connectivity index (χ4n) is 2.48. The lowest BCUT2D eigenvalue weighted by atomic mass is 10.1. The maximum Gasteiger partial charge on any atom is 0.260 e. The molecule has 0 aliphatic rings. The lowest BCUT2D eigenvalue weighted by Crippen LogP contribution is -2.37. The molecule has 0 saturated carbocycles. The third-order valence-electron chi connectivity index (χ3n) is 3.89. The van der Waals surface area contributed by atoms with Gasteiger partial charge in [-0.15, -0.1) is 0 Å². The molecule has 1 aromatic heterocycles. The number of methoxy groups -OCH3 is 1. The molecule has 6 nitrogen and oxygen atoms in total. The first-order chi connectivity index (χ1) is 12.7. The molecule has 1 N–H and O–H groups in total. The Balaban J connectivity index is 1.66. The van der Waals surface area contributed by atoms with E-state index in [4.69, 9.17) is 9.47 Å². The van der Waals surface area contributed by atoms with Gasteiger partial charge in [-0.1, -0.05) is 12.1 Å². The Morgan fingerprint density at radius 3 is 2.58 bits per heavy atom. The van der Waals surface area contributed by atoms with Crippen molar-refractivity contribution < 1.29 is 14.3 Å². The second kappa shape index (κ2) is 8.40. The van der Waals surface area contributed by atoms with Crippen LogP contribution in [-0.4, -0.2) is 42.2 Å². The molecule has 2 aromatic carbocycles. The van der Waals surface area contributed by atoms with Gasteiger partial charge in [0.25, 0.3) is 5.91 Å². The van der Waals surface area contributed by atoms with Crippen LogP contribution in [0.3, 0.4) is 0 Å². The molecule has 1 amide bonds. The van der Waals surface area contributed by atoms with Gasteiger partial charge >= 0.3 is 0 Å². The van der Waals surface area contributed by atoms with Crippen LogP contribution in [0.2, 0.25) is 0 Å². The molecule has 6 heteroatoms. The Labute approximate surface area is 152 Å². The molecule has 0 fully saturated rings. The van der Waals surface area contributed by atoms with E-state index in [-0.39, 0.29) is 5.91 Å². The number of para-hydroxylation sites is 2. The van der Waals surface area contributed by atoms with Gasteiger partial charge in [-0.2, -0.15) is 0 Å². The number of nitrogens with zero attached hydrogens (tertiary/aromatic N) is 2. The molecule has 0 spiro atoms. The van der Waals surface area contributed by atoms with Crippen LogP contribution in [0.4, 0.5) is 0 Å². The van der Waals surface area contributed by atoms with Crippen LogP contribution in [0.5, 0.6) is 5.75 Å². The van der Waals surface area contributed by atoms with Crippen LogP contribution in [0.1, 0.15) is 6.92 Å². The molecular weight excluding hydrogens is 330 g/mol. The third kappa shape index (κ3) is 4.34. The molecule has 0 unspecified atom stereocenters. The molecule has 134 valence electrons. The van der Waals surface area contributed by atoms with Gasteiger partial charge in [-0.25, -0.2) is 4.98 Å². The van der Waals surface area contributed by atoms with Crippen LogP contribution in [0, 0.1) is 0 Å². The quantitative estimate of drug-likeness (QED) is 0.663. The van der Waals surface area contributed by atoms with Crippen molar-refractivity contribution in [3.8, 4) is 17.0 Å². The van der Waals surface area contributed by atoms with E-state index in [0.29, 0.717) is 18.9 Å². The predicted molar refractivity (Wildman–Crippen MR) is 99.9 cm³/mol. The molecule has 1 heterocycles. The van der Waals surface area contributed by atoms with Crippen molar-refractivity contribution in [3.05, 3.63) is 54.7 Å². The van der Waals surface area contributed by atoms with Gasteiger partial charge < -0.3 is 14.8 Å². The zero-order chi connectivity index (χ0) is 18.4. The van der Waals surface area contributed by atoms with Gasteiger partial charge in [0.1, 0.15) is 5.75 Å². The van der Waals surface area contributed by atoms with Gasteiger partial charge in [0.05, 0.1) is 29.5 Å². The SMILES string of the molecule is COCCNC(=O)[C@@H](C)Oc1ccc(-c2cnc3ccccc3n2)cc1. The summed E-state index contributed by atoms with van der Waals surface area (Å²) in [6, 6.07) is 15.2. The summed E-state index contributed by atoms with van der Waals surface area (Å²) in [6.07, 6.45) is 1.17. The number of aromatic nitrogens is 2. The molecule has 3 aromatic rings. The number of benzene rings is 2. The standard InChI is InChI=1S/C20H21N3O3/c1-14(20(24)21-11-12-25-2)26-16-9-7-15(8-10-16)19-13-22-17-5-3-4-6-18(17)23-19/h3-10,13-14H,11-12H2,1-2H3,(H,21,24)/t14-/m1/s1. The van der Waals surface area contributed by atoms with Crippen molar-refractivity contribution in [1.29, 1.82) is 0 Å². The Hall–Kier alpha value is -2.99. The monoisotopic (exact) mass is 351 g/mol. The average molecular weight is 351 g/mol. The lowest BCUT2D eigenvalue weighted by Gasteiger charge is -2.15. The van der Waals surface area contributed by atoms with Crippen molar-refractivity contribution in [2.75, 3.05) is 20.3 Å². The Kier molecular flexibility index (Phi) is 5.76. The molecule has 0 saturated heterocycles. The first-order valence-electron chi connectivity index (χ1n) is 8.43. The van der Waals surface area contributed by atoms with Crippen molar-refractivity contribution in [3.63, 3.8) is 0 Å². The summed E-state index contributed by atoms with van der Waals surface area (Å²) < 4.78 is 10.6. The van der Waals surface area contributed by atoms with Crippen molar-refractivity contribution in [2.45, 2.75) is 13.0 Å². The Morgan fingerprint density at radius 1 is 1.12 bits per heavy atom. The highest BCUT2D eigenvalue weighted by molar-refractivity contribution is 5.80. The number of rotatable bonds is 7. The Bertz CT molecular complexity index is 881. The molecule has 0 radical (unpaired) electrons. The number of ether oxygens (including phenoxy) is 2. The molecule has 3 rings (SSSR count). The summed E-state index contributed by atoms with van der Waals surface area (Å²) in [5, 5.41) is 2.75. The lowest BCUT2D eigenvalue weighted by molar-refractivity contribution is -0.127. The maximum atomic E-state index is 11.9. The molecule has 0 bridgehead atoms. The number of hydrogen-bond acceptors (Lipinski definition) is 5. The van der Waals surface area contributed by atoms with E-state index in [1.54, 1.807) is 20.2 Å². The fourth-order valence-corrected chi connectivity index (χ4v) is 2.48. The van der Waals surface area contributed by atoms with E-state index in [9.17, 15) is 4.79 Å². The van der Waals surface area contributed by atoms with E-state index in [0.717, 1.165) is 22.3 Å². The van der Waals surface area contributed by atoms with Gasteiger partial charge in [-0.3, -0.25) is 9.78 Å². The first kappa shape index (κ1) is 17.8. The van der Waals surface area contributed by atoms with Crippen LogP contribution in [-0.2, 0) is 9.53 Å². The number of fused-ring (bicyclic) bond motifs is 1. The number of hydrogen-bond donors (Lipinski definition) is 1. The highest BCUT2D eigenvalue weighted by Crippen LogP contribution is 2.22. The first-order valence-corrected chi connectivity index (χ1v) is 8.43. The number of nitrogens with one attached hydrogen (secondary N) is 1. The largest absolute Gasteiger partial charge is 0.481 e. The summed E-state index contributed by atoms with van der Waals surface area (Å²) in [7, 11) is 1.59. The van der Waals surface area contributed by atoms with Gasteiger partial charge in [0, 0.05) is 19.2 Å². The summed E-state index contributed by atoms with van der Waals surface area (Å²) in [4.78, 5) is 21.0. The fraction of sp³-hybridized carbons (Fsp3) is 0.250. The summed E-state index contributed by atoms with van der Waals surface area (Å²) in [6.45, 7) is 2.65. The second-order valence-corrected chi connectivity index (χ2v) is 5.81. The highest BCUT2D eigenvalue weighted by Gasteiger charge is 2.14. The molecular formula is C20H21N3O3. The van der Waals surface area contributed by atoms with Crippen LogP contribution in [0.15, 0.2) is 54.7 Å². The second-order valence-electron chi connectivity index (χ2n) is 5.81. The highest BCUT2D eigenvalue weighted by atomic mass is 16.5.